The average molecular weight is 288 g/mol. The molecule has 20 heavy (non-hydrogen) atoms. The molecule has 1 aliphatic heterocycles. The molecule has 0 aliphatic carbocycles. The van der Waals surface area contributed by atoms with Gasteiger partial charge in [0.15, 0.2) is 5.76 Å². The molecule has 0 saturated carbocycles. The lowest BCUT2D eigenvalue weighted by molar-refractivity contribution is 0.101. The predicted octanol–water partition coefficient (Wildman–Crippen LogP) is 0.750. The molecule has 0 amide bonds. The fraction of sp³-hybridized carbons (Fsp3) is 0. The van der Waals surface area contributed by atoms with E-state index in [9.17, 15) is 9.90 Å². The highest BCUT2D eigenvalue weighted by Gasteiger charge is 2.27. The van der Waals surface area contributed by atoms with Gasteiger partial charge in [-0.3, -0.25) is 4.79 Å². The number of aromatic hydroxyl groups is 1. The van der Waals surface area contributed by atoms with E-state index in [0.717, 1.165) is 11.3 Å². The fourth-order valence-corrected chi connectivity index (χ4v) is 2.71. The number of fused-ring (bicyclic) bond motifs is 1. The van der Waals surface area contributed by atoms with Crippen LogP contribution in [0.3, 0.4) is 0 Å². The minimum Gasteiger partial charge on any atom is -0.508 e. The van der Waals surface area contributed by atoms with Crippen LogP contribution in [0.4, 0.5) is 0 Å². The molecule has 1 aliphatic rings. The van der Waals surface area contributed by atoms with Crippen LogP contribution in [0.15, 0.2) is 36.1 Å². The molecule has 0 bridgehead atoms. The maximum atomic E-state index is 12.1. The molecule has 100 valence electrons. The molecule has 5 nitrogen and oxygen atoms in total. The zero-order valence-corrected chi connectivity index (χ0v) is 10.9. The summed E-state index contributed by atoms with van der Waals surface area (Å²) in [5.74, 6) is 0.228. The van der Waals surface area contributed by atoms with Gasteiger partial charge < -0.3 is 19.9 Å². The van der Waals surface area contributed by atoms with Crippen molar-refractivity contribution in [3.63, 3.8) is 0 Å². The number of allylic oxidation sites excluding steroid dienone is 1. The number of hydrogen-bond acceptors (Lipinski definition) is 6. The monoisotopic (exact) mass is 288 g/mol. The predicted molar refractivity (Wildman–Crippen MR) is 75.2 cm³/mol. The van der Waals surface area contributed by atoms with E-state index in [4.69, 9.17) is 14.8 Å². The third-order valence-corrected chi connectivity index (χ3v) is 3.90. The third-order valence-electron chi connectivity index (χ3n) is 2.83. The first-order valence-electron chi connectivity index (χ1n) is 5.78. The Balaban J connectivity index is 1.92. The standard InChI is InChI=1S/C13H9BO5S/c15-7-1-3-9-10(5-7)19-11(13(9)16)6-8-2-4-12(20-8)14(17)18/h1-6,15,17-18H/b11-6-. The van der Waals surface area contributed by atoms with Gasteiger partial charge in [0.05, 0.1) is 5.56 Å². The van der Waals surface area contributed by atoms with E-state index in [1.54, 1.807) is 12.1 Å². The van der Waals surface area contributed by atoms with Crippen LogP contribution < -0.4 is 9.51 Å². The molecular formula is C13H9BO5S. The van der Waals surface area contributed by atoms with Crippen molar-refractivity contribution in [2.75, 3.05) is 0 Å². The van der Waals surface area contributed by atoms with Gasteiger partial charge in [-0.25, -0.2) is 0 Å². The first kappa shape index (κ1) is 12.9. The number of Topliss-reactive ketones (excluding diaryl/α,β-unsaturated/α-hetero) is 1. The second-order valence-corrected chi connectivity index (χ2v) is 5.38. The Labute approximate surface area is 118 Å². The Morgan fingerprint density at radius 3 is 2.70 bits per heavy atom. The van der Waals surface area contributed by atoms with E-state index >= 15 is 0 Å². The topological polar surface area (TPSA) is 87.0 Å². The van der Waals surface area contributed by atoms with Gasteiger partial charge in [0, 0.05) is 21.8 Å². The minimum atomic E-state index is -1.53. The van der Waals surface area contributed by atoms with Crippen LogP contribution in [-0.4, -0.2) is 28.1 Å². The van der Waals surface area contributed by atoms with E-state index in [1.165, 1.54) is 24.3 Å². The van der Waals surface area contributed by atoms with Crippen molar-refractivity contribution < 1.29 is 24.7 Å². The van der Waals surface area contributed by atoms with Crippen LogP contribution in [0.25, 0.3) is 6.08 Å². The highest BCUT2D eigenvalue weighted by Crippen LogP contribution is 2.34. The van der Waals surface area contributed by atoms with Gasteiger partial charge in [0.25, 0.3) is 0 Å². The third kappa shape index (κ3) is 2.22. The lowest BCUT2D eigenvalue weighted by Gasteiger charge is -1.97. The van der Waals surface area contributed by atoms with Crippen molar-refractivity contribution in [3.8, 4) is 11.5 Å². The van der Waals surface area contributed by atoms with Crippen molar-refractivity contribution in [3.05, 3.63) is 46.5 Å². The van der Waals surface area contributed by atoms with E-state index in [2.05, 4.69) is 0 Å². The zero-order valence-electron chi connectivity index (χ0n) is 10.1. The van der Waals surface area contributed by atoms with Crippen molar-refractivity contribution >= 4 is 35.1 Å². The summed E-state index contributed by atoms with van der Waals surface area (Å²) >= 11 is 1.15. The van der Waals surface area contributed by atoms with Crippen LogP contribution in [0.2, 0.25) is 0 Å². The minimum absolute atomic E-state index is 0.0274. The van der Waals surface area contributed by atoms with Crippen molar-refractivity contribution in [1.29, 1.82) is 0 Å². The van der Waals surface area contributed by atoms with Crippen LogP contribution >= 0.6 is 11.3 Å². The van der Waals surface area contributed by atoms with E-state index in [1.807, 2.05) is 0 Å². The number of ketones is 1. The number of carbonyl (C=O) groups excluding carboxylic acids is 1. The Bertz CT molecular complexity index is 719. The second-order valence-electron chi connectivity index (χ2n) is 4.23. The van der Waals surface area contributed by atoms with Crippen LogP contribution in [0.1, 0.15) is 15.2 Å². The summed E-state index contributed by atoms with van der Waals surface area (Å²) in [6, 6.07) is 7.55. The molecule has 2 heterocycles. The van der Waals surface area contributed by atoms with Gasteiger partial charge in [-0.15, -0.1) is 11.3 Å². The number of phenols is 1. The lowest BCUT2D eigenvalue weighted by Crippen LogP contribution is -2.26. The Morgan fingerprint density at radius 1 is 1.20 bits per heavy atom. The summed E-state index contributed by atoms with van der Waals surface area (Å²) in [6.45, 7) is 0. The molecule has 0 atom stereocenters. The molecule has 1 aromatic carbocycles. The molecule has 3 N–H and O–H groups in total. The van der Waals surface area contributed by atoms with Gasteiger partial charge in [-0.05, 0) is 18.2 Å². The quantitative estimate of drug-likeness (QED) is 0.560. The molecule has 2 aromatic rings. The lowest BCUT2D eigenvalue weighted by atomic mass is 9.90. The SMILES string of the molecule is O=C1/C(=C/c2ccc(B(O)O)s2)Oc2cc(O)ccc21. The van der Waals surface area contributed by atoms with Crippen molar-refractivity contribution in [2.24, 2.45) is 0 Å². The normalized spacial score (nSPS) is 15.3. The molecule has 0 radical (unpaired) electrons. The second kappa shape index (κ2) is 4.79. The smallest absolute Gasteiger partial charge is 0.499 e. The molecule has 0 saturated heterocycles. The Hall–Kier alpha value is -2.09. The first-order valence-corrected chi connectivity index (χ1v) is 6.59. The number of thiophene rings is 1. The molecule has 1 aromatic heterocycles. The summed E-state index contributed by atoms with van der Waals surface area (Å²) in [7, 11) is -1.53. The van der Waals surface area contributed by atoms with Gasteiger partial charge in [-0.1, -0.05) is 6.07 Å². The van der Waals surface area contributed by atoms with E-state index < -0.39 is 7.12 Å². The van der Waals surface area contributed by atoms with Crippen LogP contribution in [0.5, 0.6) is 11.5 Å². The van der Waals surface area contributed by atoms with E-state index in [-0.39, 0.29) is 17.3 Å². The van der Waals surface area contributed by atoms with Gasteiger partial charge in [-0.2, -0.15) is 0 Å². The molecule has 0 spiro atoms. The number of carbonyl (C=O) groups is 1. The van der Waals surface area contributed by atoms with Gasteiger partial charge in [0.2, 0.25) is 5.78 Å². The Morgan fingerprint density at radius 2 is 2.00 bits per heavy atom. The van der Waals surface area contributed by atoms with Crippen LogP contribution in [-0.2, 0) is 0 Å². The number of benzene rings is 1. The molecule has 7 heteroatoms. The fourth-order valence-electron chi connectivity index (χ4n) is 1.89. The van der Waals surface area contributed by atoms with Crippen molar-refractivity contribution in [1.82, 2.24) is 0 Å². The largest absolute Gasteiger partial charge is 0.508 e. The summed E-state index contributed by atoms with van der Waals surface area (Å²) in [4.78, 5) is 12.8. The maximum absolute atomic E-state index is 12.1. The molecular weight excluding hydrogens is 279 g/mol. The highest BCUT2D eigenvalue weighted by molar-refractivity contribution is 7.22. The maximum Gasteiger partial charge on any atom is 0.499 e. The van der Waals surface area contributed by atoms with Crippen LogP contribution in [0, 0.1) is 0 Å². The number of rotatable bonds is 2. The summed E-state index contributed by atoms with van der Waals surface area (Å²) in [5.41, 5.74) is 0.396. The summed E-state index contributed by atoms with van der Waals surface area (Å²) in [6.07, 6.45) is 1.54. The number of hydrogen-bond donors (Lipinski definition) is 3. The molecule has 0 unspecified atom stereocenters. The summed E-state index contributed by atoms with van der Waals surface area (Å²) in [5, 5.41) is 27.4. The molecule has 0 fully saturated rings. The zero-order chi connectivity index (χ0) is 14.3. The highest BCUT2D eigenvalue weighted by atomic mass is 32.1. The van der Waals surface area contributed by atoms with Crippen molar-refractivity contribution in [2.45, 2.75) is 0 Å². The van der Waals surface area contributed by atoms with Gasteiger partial charge in [0.1, 0.15) is 11.5 Å². The molecule has 3 rings (SSSR count). The Kier molecular flexibility index (Phi) is 3.09. The van der Waals surface area contributed by atoms with E-state index in [0.29, 0.717) is 21.0 Å². The summed E-state index contributed by atoms with van der Waals surface area (Å²) < 4.78 is 5.79. The van der Waals surface area contributed by atoms with Gasteiger partial charge >= 0.3 is 7.12 Å². The number of phenolic OH excluding ortho intramolecular Hbond substituents is 1. The average Bonchev–Trinajstić information content (AvgIpc) is 2.96. The first-order chi connectivity index (χ1) is 9.54. The number of ether oxygens (including phenoxy) is 1.